The van der Waals surface area contributed by atoms with Crippen LogP contribution in [0.5, 0.6) is 11.5 Å². The summed E-state index contributed by atoms with van der Waals surface area (Å²) in [5, 5.41) is 6.42. The normalized spacial score (nSPS) is 16.7. The Morgan fingerprint density at radius 2 is 2.07 bits per heavy atom. The van der Waals surface area contributed by atoms with Gasteiger partial charge < -0.3 is 14.8 Å². The van der Waals surface area contributed by atoms with E-state index < -0.39 is 0 Å². The van der Waals surface area contributed by atoms with Crippen molar-refractivity contribution in [1.82, 2.24) is 10.2 Å². The van der Waals surface area contributed by atoms with Crippen LogP contribution in [0.4, 0.5) is 4.79 Å². The zero-order valence-electron chi connectivity index (χ0n) is 15.4. The zero-order valence-corrected chi connectivity index (χ0v) is 17.0. The molecule has 1 saturated heterocycles. The van der Waals surface area contributed by atoms with Gasteiger partial charge in [0.05, 0.1) is 4.91 Å². The number of hydrogen-bond acceptors (Lipinski definition) is 7. The van der Waals surface area contributed by atoms with Crippen molar-refractivity contribution in [3.05, 3.63) is 51.1 Å². The monoisotopic (exact) mass is 430 g/mol. The minimum atomic E-state index is -0.356. The molecule has 0 aliphatic carbocycles. The first-order chi connectivity index (χ1) is 14.1. The second-order valence-electron chi connectivity index (χ2n) is 6.43. The number of benzene rings is 1. The average Bonchev–Trinajstić information content (AvgIpc) is 3.44. The Labute approximate surface area is 175 Å². The van der Waals surface area contributed by atoms with Crippen LogP contribution in [-0.4, -0.2) is 41.8 Å². The molecule has 0 spiro atoms. The summed E-state index contributed by atoms with van der Waals surface area (Å²) in [6.07, 6.45) is 2.71. The molecule has 3 heterocycles. The van der Waals surface area contributed by atoms with Gasteiger partial charge in [0.15, 0.2) is 11.5 Å². The number of carbonyl (C=O) groups excluding carboxylic acids is 3. The summed E-state index contributed by atoms with van der Waals surface area (Å²) in [6.45, 7) is 0.555. The molecule has 0 radical (unpaired) electrons. The van der Waals surface area contributed by atoms with Gasteiger partial charge in [0, 0.05) is 19.5 Å². The van der Waals surface area contributed by atoms with E-state index in [1.54, 1.807) is 35.6 Å². The number of amides is 3. The first-order valence-corrected chi connectivity index (χ1v) is 10.8. The molecular weight excluding hydrogens is 412 g/mol. The molecule has 2 aromatic rings. The molecule has 0 atom stereocenters. The van der Waals surface area contributed by atoms with Crippen molar-refractivity contribution in [3.8, 4) is 11.5 Å². The third-order valence-electron chi connectivity index (χ3n) is 4.45. The fourth-order valence-electron chi connectivity index (χ4n) is 2.94. The Morgan fingerprint density at radius 3 is 2.90 bits per heavy atom. The van der Waals surface area contributed by atoms with Crippen molar-refractivity contribution in [2.45, 2.75) is 12.8 Å². The number of rotatable bonds is 7. The Kier molecular flexibility index (Phi) is 5.86. The topological polar surface area (TPSA) is 84.9 Å². The van der Waals surface area contributed by atoms with E-state index in [1.807, 2.05) is 16.8 Å². The van der Waals surface area contributed by atoms with Crippen LogP contribution >= 0.6 is 23.1 Å². The van der Waals surface area contributed by atoms with Crippen molar-refractivity contribution in [3.63, 3.8) is 0 Å². The Bertz CT molecular complexity index is 971. The molecule has 3 amide bonds. The number of aryl methyl sites for hydroxylation is 1. The van der Waals surface area contributed by atoms with Crippen LogP contribution in [0.25, 0.3) is 6.08 Å². The number of nitrogens with one attached hydrogen (secondary N) is 1. The van der Waals surface area contributed by atoms with E-state index >= 15 is 0 Å². The van der Waals surface area contributed by atoms with Gasteiger partial charge >= 0.3 is 0 Å². The minimum absolute atomic E-state index is 0.0981. The second-order valence-corrected chi connectivity index (χ2v) is 8.20. The fraction of sp³-hybridized carbons (Fsp3) is 0.250. The van der Waals surface area contributed by atoms with Gasteiger partial charge in [0.25, 0.3) is 11.1 Å². The lowest BCUT2D eigenvalue weighted by Crippen LogP contribution is -2.37. The molecule has 0 bridgehead atoms. The van der Waals surface area contributed by atoms with Gasteiger partial charge in [-0.25, -0.2) is 0 Å². The Morgan fingerprint density at radius 1 is 1.21 bits per heavy atom. The van der Waals surface area contributed by atoms with E-state index in [0.717, 1.165) is 27.8 Å². The molecule has 9 heteroatoms. The van der Waals surface area contributed by atoms with E-state index in [1.165, 1.54) is 0 Å². The lowest BCUT2D eigenvalue weighted by Gasteiger charge is -2.12. The standard InChI is InChI=1S/C20H18N2O5S2/c23-18(4-2-13-5-8-28-11-13)21-6-7-22-19(24)17(29-20(22)25)10-14-1-3-15-16(9-14)27-12-26-15/h1,3,5,8-11H,2,4,6-7,12H2,(H,21,23)/b17-10-. The summed E-state index contributed by atoms with van der Waals surface area (Å²) >= 11 is 2.49. The van der Waals surface area contributed by atoms with E-state index in [-0.39, 0.29) is 36.9 Å². The zero-order chi connectivity index (χ0) is 20.2. The molecule has 4 rings (SSSR count). The second kappa shape index (κ2) is 8.71. The van der Waals surface area contributed by atoms with Crippen LogP contribution in [0, 0.1) is 0 Å². The van der Waals surface area contributed by atoms with E-state index in [4.69, 9.17) is 9.47 Å². The summed E-state index contributed by atoms with van der Waals surface area (Å²) in [6, 6.07) is 7.33. The molecule has 0 saturated carbocycles. The highest BCUT2D eigenvalue weighted by molar-refractivity contribution is 8.18. The third-order valence-corrected chi connectivity index (χ3v) is 6.09. The highest BCUT2D eigenvalue weighted by atomic mass is 32.2. The van der Waals surface area contributed by atoms with Crippen molar-refractivity contribution in [2.24, 2.45) is 0 Å². The molecule has 0 unspecified atom stereocenters. The molecule has 2 aliphatic heterocycles. The maximum atomic E-state index is 12.6. The van der Waals surface area contributed by atoms with Crippen molar-refractivity contribution < 1.29 is 23.9 Å². The van der Waals surface area contributed by atoms with Gasteiger partial charge in [-0.2, -0.15) is 11.3 Å². The molecule has 2 aliphatic rings. The van der Waals surface area contributed by atoms with E-state index in [0.29, 0.717) is 29.2 Å². The largest absolute Gasteiger partial charge is 0.454 e. The summed E-state index contributed by atoms with van der Waals surface area (Å²) in [4.78, 5) is 38.2. The van der Waals surface area contributed by atoms with Crippen LogP contribution in [0.3, 0.4) is 0 Å². The number of carbonyl (C=O) groups is 3. The summed E-state index contributed by atoms with van der Waals surface area (Å²) in [5.41, 5.74) is 1.88. The molecular formula is C20H18N2O5S2. The number of thiophene rings is 1. The van der Waals surface area contributed by atoms with Crippen LogP contribution in [-0.2, 0) is 16.0 Å². The molecule has 7 nitrogen and oxygen atoms in total. The van der Waals surface area contributed by atoms with Crippen molar-refractivity contribution in [2.75, 3.05) is 19.9 Å². The number of nitrogens with zero attached hydrogens (tertiary/aromatic N) is 1. The number of fused-ring (bicyclic) bond motifs is 1. The fourth-order valence-corrected chi connectivity index (χ4v) is 4.50. The Hall–Kier alpha value is -2.78. The number of imide groups is 1. The van der Waals surface area contributed by atoms with Gasteiger partial charge in [0.2, 0.25) is 12.7 Å². The highest BCUT2D eigenvalue weighted by Crippen LogP contribution is 2.36. The summed E-state index contributed by atoms with van der Waals surface area (Å²) in [7, 11) is 0. The van der Waals surface area contributed by atoms with E-state index in [2.05, 4.69) is 5.32 Å². The molecule has 1 fully saturated rings. The van der Waals surface area contributed by atoms with Crippen LogP contribution in [0.1, 0.15) is 17.5 Å². The lowest BCUT2D eigenvalue weighted by molar-refractivity contribution is -0.124. The number of thioether (sulfide) groups is 1. The summed E-state index contributed by atoms with van der Waals surface area (Å²) in [5.74, 6) is 0.817. The third kappa shape index (κ3) is 4.63. The van der Waals surface area contributed by atoms with Gasteiger partial charge in [-0.1, -0.05) is 6.07 Å². The Balaban J connectivity index is 1.29. The maximum Gasteiger partial charge on any atom is 0.293 e. The minimum Gasteiger partial charge on any atom is -0.454 e. The predicted molar refractivity (Wildman–Crippen MR) is 111 cm³/mol. The number of ether oxygens (including phenoxy) is 2. The summed E-state index contributed by atoms with van der Waals surface area (Å²) < 4.78 is 10.6. The quantitative estimate of drug-likeness (QED) is 0.679. The SMILES string of the molecule is O=C(CCc1ccsc1)NCCN1C(=O)S/C(=C\c2ccc3c(c2)OCO3)C1=O. The van der Waals surface area contributed by atoms with Gasteiger partial charge in [-0.05, 0) is 64.3 Å². The van der Waals surface area contributed by atoms with Crippen molar-refractivity contribution in [1.29, 1.82) is 0 Å². The maximum absolute atomic E-state index is 12.6. The smallest absolute Gasteiger partial charge is 0.293 e. The average molecular weight is 431 g/mol. The number of hydrogen-bond donors (Lipinski definition) is 1. The van der Waals surface area contributed by atoms with Crippen molar-refractivity contribution >= 4 is 46.2 Å². The first-order valence-electron chi connectivity index (χ1n) is 9.03. The van der Waals surface area contributed by atoms with E-state index in [9.17, 15) is 14.4 Å². The van der Waals surface area contributed by atoms with Crippen LogP contribution < -0.4 is 14.8 Å². The highest BCUT2D eigenvalue weighted by Gasteiger charge is 2.34. The molecule has 29 heavy (non-hydrogen) atoms. The van der Waals surface area contributed by atoms with Crippen LogP contribution in [0.2, 0.25) is 0 Å². The van der Waals surface area contributed by atoms with Gasteiger partial charge in [-0.3, -0.25) is 19.3 Å². The van der Waals surface area contributed by atoms with Gasteiger partial charge in [0.1, 0.15) is 0 Å². The molecule has 1 N–H and O–H groups in total. The molecule has 1 aromatic heterocycles. The predicted octanol–water partition coefficient (Wildman–Crippen LogP) is 3.26. The lowest BCUT2D eigenvalue weighted by atomic mass is 10.2. The first kappa shape index (κ1) is 19.5. The molecule has 1 aromatic carbocycles. The van der Waals surface area contributed by atoms with Crippen LogP contribution in [0.15, 0.2) is 39.9 Å². The van der Waals surface area contributed by atoms with Gasteiger partial charge in [-0.15, -0.1) is 0 Å². The molecule has 150 valence electrons.